The zero-order valence-electron chi connectivity index (χ0n) is 8.81. The molecular weight excluding hydrogens is 190 g/mol. The first-order valence-corrected chi connectivity index (χ1v) is 4.82. The minimum absolute atomic E-state index is 0.505. The fraction of sp³-hybridized carbons (Fsp3) is 0.300. The predicted molar refractivity (Wildman–Crippen MR) is 58.1 cm³/mol. The Kier molecular flexibility index (Phi) is 2.37. The van der Waals surface area contributed by atoms with Gasteiger partial charge in [0.05, 0.1) is 0 Å². The van der Waals surface area contributed by atoms with E-state index in [9.17, 15) is 0 Å². The van der Waals surface area contributed by atoms with Gasteiger partial charge in [-0.25, -0.2) is 15.0 Å². The molecule has 0 atom stereocenters. The van der Waals surface area contributed by atoms with Crippen LogP contribution in [0.4, 0.5) is 5.82 Å². The van der Waals surface area contributed by atoms with Crippen LogP contribution in [0.15, 0.2) is 18.7 Å². The van der Waals surface area contributed by atoms with Gasteiger partial charge >= 0.3 is 0 Å². The first kappa shape index (κ1) is 9.64. The van der Waals surface area contributed by atoms with E-state index in [1.165, 1.54) is 6.33 Å². The molecule has 0 fully saturated rings. The lowest BCUT2D eigenvalue weighted by Crippen LogP contribution is -2.03. The van der Waals surface area contributed by atoms with Gasteiger partial charge in [0, 0.05) is 24.5 Å². The van der Waals surface area contributed by atoms with Gasteiger partial charge in [0.2, 0.25) is 0 Å². The second-order valence-corrected chi connectivity index (χ2v) is 3.27. The van der Waals surface area contributed by atoms with E-state index in [0.717, 1.165) is 23.6 Å². The lowest BCUT2D eigenvalue weighted by Gasteiger charge is -2.07. The second kappa shape index (κ2) is 3.68. The first-order valence-electron chi connectivity index (χ1n) is 4.82. The molecule has 0 saturated heterocycles. The molecule has 0 bridgehead atoms. The van der Waals surface area contributed by atoms with Crippen LogP contribution in [0.25, 0.3) is 11.5 Å². The maximum absolute atomic E-state index is 5.73. The van der Waals surface area contributed by atoms with Crippen LogP contribution in [-0.2, 0) is 6.54 Å². The van der Waals surface area contributed by atoms with Gasteiger partial charge < -0.3 is 10.3 Å². The summed E-state index contributed by atoms with van der Waals surface area (Å²) >= 11 is 0. The molecule has 0 spiro atoms. The number of anilines is 1. The standard InChI is InChI=1S/C10H13N5/c1-3-15-5-4-12-10(15)8-7(2)9(11)14-6-13-8/h4-6H,3H2,1-2H3,(H2,11,13,14). The van der Waals surface area contributed by atoms with Crippen LogP contribution in [0.3, 0.4) is 0 Å². The number of aryl methyl sites for hydroxylation is 1. The van der Waals surface area contributed by atoms with Gasteiger partial charge in [0.15, 0.2) is 5.82 Å². The molecule has 0 radical (unpaired) electrons. The molecule has 2 aromatic rings. The van der Waals surface area contributed by atoms with Gasteiger partial charge in [-0.2, -0.15) is 0 Å². The molecule has 0 amide bonds. The summed E-state index contributed by atoms with van der Waals surface area (Å²) in [4.78, 5) is 12.4. The SMILES string of the molecule is CCn1ccnc1-c1ncnc(N)c1C. The summed E-state index contributed by atoms with van der Waals surface area (Å²) in [6.07, 6.45) is 5.15. The number of imidazole rings is 1. The molecule has 5 heteroatoms. The summed E-state index contributed by atoms with van der Waals surface area (Å²) in [7, 11) is 0. The lowest BCUT2D eigenvalue weighted by atomic mass is 10.2. The highest BCUT2D eigenvalue weighted by atomic mass is 15.1. The zero-order valence-corrected chi connectivity index (χ0v) is 8.81. The summed E-state index contributed by atoms with van der Waals surface area (Å²) in [5, 5.41) is 0. The van der Waals surface area contributed by atoms with Crippen LogP contribution in [0.1, 0.15) is 12.5 Å². The van der Waals surface area contributed by atoms with Gasteiger partial charge in [0.1, 0.15) is 17.8 Å². The van der Waals surface area contributed by atoms with Crippen molar-refractivity contribution in [1.29, 1.82) is 0 Å². The summed E-state index contributed by atoms with van der Waals surface area (Å²) in [6, 6.07) is 0. The summed E-state index contributed by atoms with van der Waals surface area (Å²) in [5.41, 5.74) is 7.40. The maximum atomic E-state index is 5.73. The minimum Gasteiger partial charge on any atom is -0.383 e. The molecule has 2 rings (SSSR count). The van der Waals surface area contributed by atoms with E-state index in [4.69, 9.17) is 5.73 Å². The van der Waals surface area contributed by atoms with Crippen LogP contribution >= 0.6 is 0 Å². The maximum Gasteiger partial charge on any atom is 0.159 e. The Morgan fingerprint density at radius 1 is 1.33 bits per heavy atom. The first-order chi connectivity index (χ1) is 7.24. The molecule has 2 N–H and O–H groups in total. The molecule has 5 nitrogen and oxygen atoms in total. The number of nitrogens with zero attached hydrogens (tertiary/aromatic N) is 4. The van der Waals surface area contributed by atoms with E-state index in [1.54, 1.807) is 6.20 Å². The van der Waals surface area contributed by atoms with Crippen molar-refractivity contribution in [3.8, 4) is 11.5 Å². The highest BCUT2D eigenvalue weighted by Crippen LogP contribution is 2.21. The normalized spacial score (nSPS) is 10.5. The van der Waals surface area contributed by atoms with Gasteiger partial charge in [-0.1, -0.05) is 0 Å². The third-order valence-electron chi connectivity index (χ3n) is 2.39. The molecule has 15 heavy (non-hydrogen) atoms. The number of nitrogen functional groups attached to an aromatic ring is 1. The van der Waals surface area contributed by atoms with Crippen molar-refractivity contribution in [1.82, 2.24) is 19.5 Å². The highest BCUT2D eigenvalue weighted by Gasteiger charge is 2.11. The smallest absolute Gasteiger partial charge is 0.159 e. The van der Waals surface area contributed by atoms with Crippen LogP contribution < -0.4 is 5.73 Å². The predicted octanol–water partition coefficient (Wildman–Crippen LogP) is 1.25. The van der Waals surface area contributed by atoms with Crippen LogP contribution in [-0.4, -0.2) is 19.5 Å². The summed E-state index contributed by atoms with van der Waals surface area (Å²) in [6.45, 7) is 4.82. The average Bonchev–Trinajstić information content (AvgIpc) is 2.70. The van der Waals surface area contributed by atoms with Crippen molar-refractivity contribution in [3.63, 3.8) is 0 Å². The second-order valence-electron chi connectivity index (χ2n) is 3.27. The van der Waals surface area contributed by atoms with Gasteiger partial charge in [0.25, 0.3) is 0 Å². The van der Waals surface area contributed by atoms with E-state index in [0.29, 0.717) is 5.82 Å². The molecule has 78 valence electrons. The molecule has 2 heterocycles. The Labute approximate surface area is 88.0 Å². The highest BCUT2D eigenvalue weighted by molar-refractivity contribution is 5.60. The van der Waals surface area contributed by atoms with E-state index < -0.39 is 0 Å². The van der Waals surface area contributed by atoms with Crippen LogP contribution in [0.2, 0.25) is 0 Å². The fourth-order valence-electron chi connectivity index (χ4n) is 1.47. The van der Waals surface area contributed by atoms with Crippen molar-refractivity contribution in [3.05, 3.63) is 24.3 Å². The summed E-state index contributed by atoms with van der Waals surface area (Å²) < 4.78 is 2.02. The number of aromatic nitrogens is 4. The van der Waals surface area contributed by atoms with Crippen molar-refractivity contribution in [2.75, 3.05) is 5.73 Å². The van der Waals surface area contributed by atoms with E-state index in [1.807, 2.05) is 17.7 Å². The third-order valence-corrected chi connectivity index (χ3v) is 2.39. The minimum atomic E-state index is 0.505. The van der Waals surface area contributed by atoms with Gasteiger partial charge in [-0.05, 0) is 13.8 Å². The van der Waals surface area contributed by atoms with Crippen LogP contribution in [0, 0.1) is 6.92 Å². The number of hydrogen-bond acceptors (Lipinski definition) is 4. The number of nitrogens with two attached hydrogens (primary N) is 1. The molecule has 0 aromatic carbocycles. The Morgan fingerprint density at radius 2 is 2.13 bits per heavy atom. The lowest BCUT2D eigenvalue weighted by molar-refractivity contribution is 0.766. The molecule has 0 aliphatic carbocycles. The molecule has 0 unspecified atom stereocenters. The third kappa shape index (κ3) is 1.56. The number of rotatable bonds is 2. The quantitative estimate of drug-likeness (QED) is 0.797. The Bertz CT molecular complexity index is 474. The largest absolute Gasteiger partial charge is 0.383 e. The van der Waals surface area contributed by atoms with E-state index in [-0.39, 0.29) is 0 Å². The zero-order chi connectivity index (χ0) is 10.8. The molecule has 2 aromatic heterocycles. The van der Waals surface area contributed by atoms with E-state index in [2.05, 4.69) is 21.9 Å². The molecule has 0 aliphatic rings. The Morgan fingerprint density at radius 3 is 2.87 bits per heavy atom. The van der Waals surface area contributed by atoms with Crippen molar-refractivity contribution in [2.24, 2.45) is 0 Å². The summed E-state index contributed by atoms with van der Waals surface area (Å²) in [5.74, 6) is 1.34. The molecule has 0 aliphatic heterocycles. The average molecular weight is 203 g/mol. The van der Waals surface area contributed by atoms with Crippen molar-refractivity contribution in [2.45, 2.75) is 20.4 Å². The molecular formula is C10H13N5. The van der Waals surface area contributed by atoms with Crippen molar-refractivity contribution < 1.29 is 0 Å². The van der Waals surface area contributed by atoms with E-state index >= 15 is 0 Å². The Balaban J connectivity index is 2.59. The molecule has 0 saturated carbocycles. The Hall–Kier alpha value is -1.91. The van der Waals surface area contributed by atoms with Crippen molar-refractivity contribution >= 4 is 5.82 Å². The fourth-order valence-corrected chi connectivity index (χ4v) is 1.47. The topological polar surface area (TPSA) is 69.6 Å². The van der Waals surface area contributed by atoms with Gasteiger partial charge in [-0.15, -0.1) is 0 Å². The number of hydrogen-bond donors (Lipinski definition) is 1. The van der Waals surface area contributed by atoms with Gasteiger partial charge in [-0.3, -0.25) is 0 Å². The van der Waals surface area contributed by atoms with Crippen LogP contribution in [0.5, 0.6) is 0 Å². The monoisotopic (exact) mass is 203 g/mol.